The van der Waals surface area contributed by atoms with Crippen LogP contribution in [-0.2, 0) is 0 Å². The van der Waals surface area contributed by atoms with E-state index in [4.69, 9.17) is 0 Å². The van der Waals surface area contributed by atoms with Gasteiger partial charge in [-0.05, 0) is 19.3 Å². The van der Waals surface area contributed by atoms with Crippen molar-refractivity contribution < 1.29 is 0 Å². The van der Waals surface area contributed by atoms with Crippen molar-refractivity contribution in [1.29, 1.82) is 0 Å². The summed E-state index contributed by atoms with van der Waals surface area (Å²) in [5, 5.41) is 0. The Kier molecular flexibility index (Phi) is 1.91. The van der Waals surface area contributed by atoms with E-state index in [1.807, 2.05) is 11.8 Å². The highest BCUT2D eigenvalue weighted by Crippen LogP contribution is 2.37. The molecule has 0 saturated heterocycles. The second kappa shape index (κ2) is 2.90. The lowest BCUT2D eigenvalue weighted by molar-refractivity contribution is 0.897. The zero-order valence-electron chi connectivity index (χ0n) is 6.60. The molecule has 0 nitrogen and oxygen atoms in total. The molecule has 1 aliphatic carbocycles. The van der Waals surface area contributed by atoms with E-state index in [0.717, 1.165) is 12.2 Å². The van der Waals surface area contributed by atoms with Crippen molar-refractivity contribution in [2.75, 3.05) is 5.75 Å². The van der Waals surface area contributed by atoms with Crippen molar-refractivity contribution in [3.63, 3.8) is 0 Å². The summed E-state index contributed by atoms with van der Waals surface area (Å²) >= 11 is 1.95. The minimum absolute atomic E-state index is 1.13. The fraction of sp³-hybridized carbons (Fsp3) is 0.400. The molecule has 0 aromatic carbocycles. The van der Waals surface area contributed by atoms with Gasteiger partial charge in [-0.2, -0.15) is 0 Å². The van der Waals surface area contributed by atoms with Crippen molar-refractivity contribution in [3.8, 4) is 0 Å². The molecule has 0 spiro atoms. The van der Waals surface area contributed by atoms with E-state index in [2.05, 4.69) is 18.7 Å². The molecule has 0 unspecified atom stereocenters. The Hall–Kier alpha value is -0.430. The lowest BCUT2D eigenvalue weighted by atomic mass is 9.98. The summed E-state index contributed by atoms with van der Waals surface area (Å²) in [5.41, 5.74) is 3.01. The first-order valence-corrected chi connectivity index (χ1v) is 5.03. The molecule has 11 heavy (non-hydrogen) atoms. The predicted octanol–water partition coefficient (Wildman–Crippen LogP) is 3.28. The molecule has 2 rings (SSSR count). The molecule has 1 heteroatoms. The SMILES string of the molecule is C=C1CSC2=C(CCC=C2)C1. The molecule has 0 radical (unpaired) electrons. The van der Waals surface area contributed by atoms with E-state index >= 15 is 0 Å². The maximum absolute atomic E-state index is 4.03. The van der Waals surface area contributed by atoms with E-state index in [-0.39, 0.29) is 0 Å². The molecule has 0 N–H and O–H groups in total. The van der Waals surface area contributed by atoms with E-state index in [1.54, 1.807) is 5.57 Å². The molecule has 0 fully saturated rings. The van der Waals surface area contributed by atoms with E-state index in [9.17, 15) is 0 Å². The zero-order valence-corrected chi connectivity index (χ0v) is 7.41. The third-order valence-electron chi connectivity index (χ3n) is 2.13. The van der Waals surface area contributed by atoms with Crippen molar-refractivity contribution in [1.82, 2.24) is 0 Å². The molecule has 0 saturated carbocycles. The van der Waals surface area contributed by atoms with Gasteiger partial charge < -0.3 is 0 Å². The van der Waals surface area contributed by atoms with Crippen LogP contribution >= 0.6 is 11.8 Å². The van der Waals surface area contributed by atoms with Gasteiger partial charge >= 0.3 is 0 Å². The van der Waals surface area contributed by atoms with Gasteiger partial charge in [-0.25, -0.2) is 0 Å². The summed E-state index contributed by atoms with van der Waals surface area (Å²) in [6.45, 7) is 4.03. The fourth-order valence-corrected chi connectivity index (χ4v) is 2.58. The van der Waals surface area contributed by atoms with E-state index < -0.39 is 0 Å². The van der Waals surface area contributed by atoms with Gasteiger partial charge in [0.2, 0.25) is 0 Å². The molecule has 0 amide bonds. The Morgan fingerprint density at radius 2 is 2.36 bits per heavy atom. The lowest BCUT2D eigenvalue weighted by Gasteiger charge is -2.21. The van der Waals surface area contributed by atoms with Gasteiger partial charge in [0, 0.05) is 10.7 Å². The van der Waals surface area contributed by atoms with Gasteiger partial charge in [0.1, 0.15) is 0 Å². The fourth-order valence-electron chi connectivity index (χ4n) is 1.55. The zero-order chi connectivity index (χ0) is 7.68. The van der Waals surface area contributed by atoms with Crippen LogP contribution in [0.5, 0.6) is 0 Å². The van der Waals surface area contributed by atoms with Gasteiger partial charge in [-0.1, -0.05) is 29.9 Å². The number of hydrogen-bond donors (Lipinski definition) is 0. The van der Waals surface area contributed by atoms with Crippen LogP contribution in [0.3, 0.4) is 0 Å². The first-order chi connectivity index (χ1) is 5.36. The molecule has 0 aromatic rings. The van der Waals surface area contributed by atoms with E-state index in [1.165, 1.54) is 23.3 Å². The monoisotopic (exact) mass is 164 g/mol. The number of thioether (sulfide) groups is 1. The van der Waals surface area contributed by atoms with Crippen molar-refractivity contribution >= 4 is 11.8 Å². The van der Waals surface area contributed by atoms with Crippen molar-refractivity contribution in [2.24, 2.45) is 0 Å². The van der Waals surface area contributed by atoms with Gasteiger partial charge in [-0.15, -0.1) is 11.8 Å². The van der Waals surface area contributed by atoms with Crippen LogP contribution in [0.15, 0.2) is 34.8 Å². The summed E-state index contributed by atoms with van der Waals surface area (Å²) in [4.78, 5) is 1.52. The predicted molar refractivity (Wildman–Crippen MR) is 51.6 cm³/mol. The Labute approximate surface area is 72.1 Å². The maximum atomic E-state index is 4.03. The van der Waals surface area contributed by atoms with Crippen LogP contribution in [0.4, 0.5) is 0 Å². The first kappa shape index (κ1) is 7.23. The third kappa shape index (κ3) is 1.43. The van der Waals surface area contributed by atoms with Crippen LogP contribution in [-0.4, -0.2) is 5.75 Å². The van der Waals surface area contributed by atoms with Gasteiger partial charge in [0.05, 0.1) is 0 Å². The van der Waals surface area contributed by atoms with Gasteiger partial charge in [0.15, 0.2) is 0 Å². The smallest absolute Gasteiger partial charge is 0.0191 e. The molecule has 1 aliphatic heterocycles. The van der Waals surface area contributed by atoms with Gasteiger partial charge in [0.25, 0.3) is 0 Å². The maximum Gasteiger partial charge on any atom is 0.0191 e. The Bertz CT molecular complexity index is 246. The summed E-state index contributed by atoms with van der Waals surface area (Å²) in [5.74, 6) is 1.13. The molecule has 0 atom stereocenters. The van der Waals surface area contributed by atoms with E-state index in [0.29, 0.717) is 0 Å². The number of hydrogen-bond acceptors (Lipinski definition) is 1. The minimum atomic E-state index is 1.13. The van der Waals surface area contributed by atoms with Crippen LogP contribution < -0.4 is 0 Å². The first-order valence-electron chi connectivity index (χ1n) is 4.04. The lowest BCUT2D eigenvalue weighted by Crippen LogP contribution is -2.02. The minimum Gasteiger partial charge on any atom is -0.122 e. The molecular formula is C10H12S. The van der Waals surface area contributed by atoms with Crippen LogP contribution in [0.2, 0.25) is 0 Å². The van der Waals surface area contributed by atoms with Crippen molar-refractivity contribution in [3.05, 3.63) is 34.8 Å². The topological polar surface area (TPSA) is 0 Å². The van der Waals surface area contributed by atoms with Crippen LogP contribution in [0.25, 0.3) is 0 Å². The van der Waals surface area contributed by atoms with Crippen LogP contribution in [0, 0.1) is 0 Å². The molecular weight excluding hydrogens is 152 g/mol. The normalized spacial score (nSPS) is 23.8. The average Bonchev–Trinajstić information content (AvgIpc) is 2.04. The van der Waals surface area contributed by atoms with Crippen molar-refractivity contribution in [2.45, 2.75) is 19.3 Å². The third-order valence-corrected chi connectivity index (χ3v) is 3.41. The Morgan fingerprint density at radius 1 is 1.45 bits per heavy atom. The summed E-state index contributed by atoms with van der Waals surface area (Å²) < 4.78 is 0. The highest BCUT2D eigenvalue weighted by atomic mass is 32.2. The summed E-state index contributed by atoms with van der Waals surface area (Å²) in [6.07, 6.45) is 8.20. The highest BCUT2D eigenvalue weighted by Gasteiger charge is 2.14. The second-order valence-corrected chi connectivity index (χ2v) is 4.14. The Balaban J connectivity index is 2.26. The summed E-state index contributed by atoms with van der Waals surface area (Å²) in [6, 6.07) is 0. The second-order valence-electron chi connectivity index (χ2n) is 3.12. The average molecular weight is 164 g/mol. The number of allylic oxidation sites excluding steroid dienone is 3. The highest BCUT2D eigenvalue weighted by molar-refractivity contribution is 8.03. The molecule has 58 valence electrons. The molecule has 0 bridgehead atoms. The quantitative estimate of drug-likeness (QED) is 0.495. The van der Waals surface area contributed by atoms with Gasteiger partial charge in [-0.3, -0.25) is 0 Å². The summed E-state index contributed by atoms with van der Waals surface area (Å²) in [7, 11) is 0. The molecule has 2 aliphatic rings. The Morgan fingerprint density at radius 3 is 3.27 bits per heavy atom. The molecule has 0 aromatic heterocycles. The number of rotatable bonds is 0. The standard InChI is InChI=1S/C10H12S/c1-8-6-9-4-2-3-5-10(9)11-7-8/h3,5H,1-2,4,6-7H2. The largest absolute Gasteiger partial charge is 0.122 e. The van der Waals surface area contributed by atoms with Crippen LogP contribution in [0.1, 0.15) is 19.3 Å². The molecule has 1 heterocycles.